The summed E-state index contributed by atoms with van der Waals surface area (Å²) in [5.74, 6) is 0. The highest BCUT2D eigenvalue weighted by Crippen LogP contribution is 2.32. The average molecular weight is 188 g/mol. The van der Waals surface area contributed by atoms with Crippen LogP contribution in [0.2, 0.25) is 0 Å². The molecule has 0 saturated heterocycles. The summed E-state index contributed by atoms with van der Waals surface area (Å²) in [4.78, 5) is 0. The minimum Gasteiger partial charge on any atom is -0.515 e. The topological polar surface area (TPSA) is 20.2 Å². The lowest BCUT2D eigenvalue weighted by molar-refractivity contribution is -0.0698. The fourth-order valence-corrected chi connectivity index (χ4v) is 0.929. The predicted molar refractivity (Wildman–Crippen MR) is 43.1 cm³/mol. The van der Waals surface area contributed by atoms with Crippen molar-refractivity contribution in [3.8, 4) is 0 Å². The maximum Gasteiger partial charge on any atom is 0.419 e. The van der Waals surface area contributed by atoms with Crippen molar-refractivity contribution in [2.45, 2.75) is 6.18 Å². The summed E-state index contributed by atoms with van der Waals surface area (Å²) in [6.07, 6.45) is -4.44. The van der Waals surface area contributed by atoms with Gasteiger partial charge in [-0.1, -0.05) is 30.3 Å². The summed E-state index contributed by atoms with van der Waals surface area (Å²) in [6, 6.07) is 7.13. The molecule has 0 heterocycles. The van der Waals surface area contributed by atoms with Crippen LogP contribution >= 0.6 is 0 Å². The summed E-state index contributed by atoms with van der Waals surface area (Å²) >= 11 is 0. The number of aliphatic hydroxyl groups excluding tert-OH is 1. The largest absolute Gasteiger partial charge is 0.515 e. The Morgan fingerprint density at radius 2 is 1.69 bits per heavy atom. The van der Waals surface area contributed by atoms with Crippen molar-refractivity contribution in [2.24, 2.45) is 0 Å². The Balaban J connectivity index is 3.08. The van der Waals surface area contributed by atoms with Crippen molar-refractivity contribution in [3.05, 3.63) is 42.2 Å². The zero-order valence-electron chi connectivity index (χ0n) is 6.55. The van der Waals surface area contributed by atoms with E-state index < -0.39 is 11.7 Å². The zero-order chi connectivity index (χ0) is 9.90. The van der Waals surface area contributed by atoms with Crippen LogP contribution in [0.4, 0.5) is 13.2 Å². The van der Waals surface area contributed by atoms with E-state index in [0.29, 0.717) is 0 Å². The molecule has 1 nitrogen and oxygen atoms in total. The van der Waals surface area contributed by atoms with Gasteiger partial charge >= 0.3 is 6.18 Å². The lowest BCUT2D eigenvalue weighted by Gasteiger charge is -2.09. The quantitative estimate of drug-likeness (QED) is 0.671. The molecule has 0 fully saturated rings. The second kappa shape index (κ2) is 3.51. The fraction of sp³-hybridized carbons (Fsp3) is 0.111. The lowest BCUT2D eigenvalue weighted by atomic mass is 10.1. The highest BCUT2D eigenvalue weighted by Gasteiger charge is 2.34. The Hall–Kier alpha value is -1.45. The van der Waals surface area contributed by atoms with Crippen LogP contribution < -0.4 is 0 Å². The molecule has 1 N–H and O–H groups in total. The van der Waals surface area contributed by atoms with Gasteiger partial charge in [0.1, 0.15) is 0 Å². The molecule has 0 saturated carbocycles. The second-order valence-electron chi connectivity index (χ2n) is 2.41. The van der Waals surface area contributed by atoms with Crippen LogP contribution in [0.3, 0.4) is 0 Å². The van der Waals surface area contributed by atoms with Gasteiger partial charge in [-0.2, -0.15) is 13.2 Å². The molecule has 0 aromatic heterocycles. The van der Waals surface area contributed by atoms with Gasteiger partial charge in [-0.05, 0) is 5.56 Å². The normalized spacial score (nSPS) is 13.0. The third-order valence-electron chi connectivity index (χ3n) is 1.52. The van der Waals surface area contributed by atoms with E-state index in [0.717, 1.165) is 0 Å². The van der Waals surface area contributed by atoms with Gasteiger partial charge in [0.2, 0.25) is 0 Å². The van der Waals surface area contributed by atoms with Crippen LogP contribution in [0, 0.1) is 0 Å². The van der Waals surface area contributed by atoms with Gasteiger partial charge in [-0.25, -0.2) is 0 Å². The summed E-state index contributed by atoms with van der Waals surface area (Å²) < 4.78 is 36.5. The molecule has 0 aliphatic heterocycles. The molecule has 1 aromatic rings. The number of alkyl halides is 3. The standard InChI is InChI=1S/C9H7F3O/c10-9(11,12)8(6-13)7-4-2-1-3-5-7/h1-6,13H. The number of aliphatic hydroxyl groups is 1. The number of allylic oxidation sites excluding steroid dienone is 1. The van der Waals surface area contributed by atoms with E-state index in [4.69, 9.17) is 5.11 Å². The fourth-order valence-electron chi connectivity index (χ4n) is 0.929. The Morgan fingerprint density at radius 3 is 2.08 bits per heavy atom. The molecule has 0 atom stereocenters. The Morgan fingerprint density at radius 1 is 1.15 bits per heavy atom. The molecule has 1 rings (SSSR count). The lowest BCUT2D eigenvalue weighted by Crippen LogP contribution is -2.10. The number of benzene rings is 1. The summed E-state index contributed by atoms with van der Waals surface area (Å²) in [5, 5.41) is 8.43. The van der Waals surface area contributed by atoms with Gasteiger partial charge in [-0.3, -0.25) is 0 Å². The monoisotopic (exact) mass is 188 g/mol. The van der Waals surface area contributed by atoms with Crippen LogP contribution in [0.5, 0.6) is 0 Å². The first kappa shape index (κ1) is 9.64. The van der Waals surface area contributed by atoms with Gasteiger partial charge in [-0.15, -0.1) is 0 Å². The second-order valence-corrected chi connectivity index (χ2v) is 2.41. The first-order valence-corrected chi connectivity index (χ1v) is 3.52. The van der Waals surface area contributed by atoms with Crippen molar-refractivity contribution >= 4 is 5.57 Å². The summed E-state index contributed by atoms with van der Waals surface area (Å²) in [5.41, 5.74) is -1.08. The van der Waals surface area contributed by atoms with Crippen LogP contribution in [0.25, 0.3) is 5.57 Å². The van der Waals surface area contributed by atoms with Crippen LogP contribution in [-0.4, -0.2) is 11.3 Å². The molecule has 0 bridgehead atoms. The maximum absolute atomic E-state index is 12.2. The first-order chi connectivity index (χ1) is 6.05. The smallest absolute Gasteiger partial charge is 0.419 e. The van der Waals surface area contributed by atoms with Gasteiger partial charge in [0.25, 0.3) is 0 Å². The van der Waals surface area contributed by atoms with E-state index >= 15 is 0 Å². The van der Waals surface area contributed by atoms with Crippen molar-refractivity contribution in [1.82, 2.24) is 0 Å². The molecular formula is C9H7F3O. The molecule has 0 unspecified atom stereocenters. The van der Waals surface area contributed by atoms with Gasteiger partial charge in [0, 0.05) is 0 Å². The summed E-state index contributed by atoms with van der Waals surface area (Å²) in [6.45, 7) is 0. The minimum atomic E-state index is -4.52. The number of hydrogen-bond donors (Lipinski definition) is 1. The number of hydrogen-bond acceptors (Lipinski definition) is 1. The van der Waals surface area contributed by atoms with E-state index in [-0.39, 0.29) is 11.8 Å². The maximum atomic E-state index is 12.2. The van der Waals surface area contributed by atoms with Crippen LogP contribution in [0.1, 0.15) is 5.56 Å². The Bertz CT molecular complexity index is 300. The van der Waals surface area contributed by atoms with Gasteiger partial charge < -0.3 is 5.11 Å². The molecule has 70 valence electrons. The highest BCUT2D eigenvalue weighted by molar-refractivity contribution is 5.68. The molecular weight excluding hydrogens is 181 g/mol. The van der Waals surface area contributed by atoms with Crippen molar-refractivity contribution < 1.29 is 18.3 Å². The molecule has 4 heteroatoms. The number of halogens is 3. The Labute approximate surface area is 73.1 Å². The first-order valence-electron chi connectivity index (χ1n) is 3.52. The van der Waals surface area contributed by atoms with E-state index in [1.54, 1.807) is 6.07 Å². The van der Waals surface area contributed by atoms with Gasteiger partial charge in [0.15, 0.2) is 0 Å². The molecule has 13 heavy (non-hydrogen) atoms. The van der Waals surface area contributed by atoms with Gasteiger partial charge in [0.05, 0.1) is 11.8 Å². The third kappa shape index (κ3) is 2.24. The van der Waals surface area contributed by atoms with E-state index in [2.05, 4.69) is 0 Å². The third-order valence-corrected chi connectivity index (χ3v) is 1.52. The minimum absolute atomic E-state index is 0.0440. The summed E-state index contributed by atoms with van der Waals surface area (Å²) in [7, 11) is 0. The van der Waals surface area contributed by atoms with E-state index in [1.807, 2.05) is 0 Å². The SMILES string of the molecule is OC=C(c1ccccc1)C(F)(F)F. The number of rotatable bonds is 1. The van der Waals surface area contributed by atoms with Crippen molar-refractivity contribution in [1.29, 1.82) is 0 Å². The molecule has 0 aliphatic rings. The van der Waals surface area contributed by atoms with Crippen LogP contribution in [-0.2, 0) is 0 Å². The van der Waals surface area contributed by atoms with E-state index in [9.17, 15) is 13.2 Å². The van der Waals surface area contributed by atoms with Crippen LogP contribution in [0.15, 0.2) is 36.6 Å². The molecule has 1 aromatic carbocycles. The Kier molecular flexibility index (Phi) is 2.60. The molecule has 0 spiro atoms. The van der Waals surface area contributed by atoms with E-state index in [1.165, 1.54) is 24.3 Å². The molecule has 0 amide bonds. The molecule has 0 radical (unpaired) electrons. The van der Waals surface area contributed by atoms with Crippen molar-refractivity contribution in [2.75, 3.05) is 0 Å². The molecule has 0 aliphatic carbocycles. The zero-order valence-corrected chi connectivity index (χ0v) is 6.55. The van der Waals surface area contributed by atoms with Crippen molar-refractivity contribution in [3.63, 3.8) is 0 Å². The highest BCUT2D eigenvalue weighted by atomic mass is 19.4. The average Bonchev–Trinajstić information content (AvgIpc) is 2.05. The predicted octanol–water partition coefficient (Wildman–Crippen LogP) is 3.15.